The van der Waals surface area contributed by atoms with E-state index in [1.807, 2.05) is 34.6 Å². The van der Waals surface area contributed by atoms with Crippen molar-refractivity contribution in [2.75, 3.05) is 66.5 Å². The minimum atomic E-state index is -0.195. The van der Waals surface area contributed by atoms with Crippen LogP contribution in [0.3, 0.4) is 0 Å². The zero-order valence-electron chi connectivity index (χ0n) is 16.8. The van der Waals surface area contributed by atoms with E-state index in [4.69, 9.17) is 23.7 Å². The van der Waals surface area contributed by atoms with Crippen molar-refractivity contribution >= 4 is 5.91 Å². The van der Waals surface area contributed by atoms with Crippen LogP contribution in [0.4, 0.5) is 0 Å². The van der Waals surface area contributed by atoms with Crippen molar-refractivity contribution in [2.24, 2.45) is 0 Å². The van der Waals surface area contributed by atoms with Gasteiger partial charge in [-0.15, -0.1) is 0 Å². The molecule has 0 atom stereocenters. The summed E-state index contributed by atoms with van der Waals surface area (Å²) in [5.74, 6) is -0.0328. The number of rotatable bonds is 15. The van der Waals surface area contributed by atoms with Crippen molar-refractivity contribution in [2.45, 2.75) is 46.3 Å². The van der Waals surface area contributed by atoms with E-state index in [2.05, 4.69) is 0 Å². The van der Waals surface area contributed by atoms with Crippen molar-refractivity contribution < 1.29 is 28.5 Å². The number of ether oxygens (including phenoxy) is 5. The molecule has 0 aliphatic rings. The van der Waals surface area contributed by atoms with Crippen LogP contribution in [-0.2, 0) is 28.5 Å². The lowest BCUT2D eigenvalue weighted by Crippen LogP contribution is -2.44. The van der Waals surface area contributed by atoms with E-state index in [0.29, 0.717) is 52.9 Å². The van der Waals surface area contributed by atoms with Crippen LogP contribution in [0.2, 0.25) is 0 Å². The molecule has 7 nitrogen and oxygen atoms in total. The summed E-state index contributed by atoms with van der Waals surface area (Å²) >= 11 is 0. The second kappa shape index (κ2) is 14.4. The second-order valence-electron chi connectivity index (χ2n) is 6.93. The Bertz CT molecular complexity index is 330. The lowest BCUT2D eigenvalue weighted by atomic mass is 10.1. The Labute approximate surface area is 152 Å². The molecule has 0 unspecified atom stereocenters. The van der Waals surface area contributed by atoms with Gasteiger partial charge in [0.2, 0.25) is 5.91 Å². The first-order valence-electron chi connectivity index (χ1n) is 8.94. The highest BCUT2D eigenvalue weighted by Crippen LogP contribution is 2.10. The minimum absolute atomic E-state index is 0.0328. The quantitative estimate of drug-likeness (QED) is 0.413. The second-order valence-corrected chi connectivity index (χ2v) is 6.93. The zero-order valence-corrected chi connectivity index (χ0v) is 16.8. The molecule has 0 bridgehead atoms. The van der Waals surface area contributed by atoms with Crippen LogP contribution in [0.25, 0.3) is 0 Å². The average molecular weight is 363 g/mol. The largest absolute Gasteiger partial charge is 0.377 e. The van der Waals surface area contributed by atoms with E-state index in [1.165, 1.54) is 0 Å². The fourth-order valence-electron chi connectivity index (χ4n) is 1.63. The molecule has 0 fully saturated rings. The summed E-state index contributed by atoms with van der Waals surface area (Å²) in [5, 5.41) is 0. The molecule has 0 saturated heterocycles. The zero-order chi connectivity index (χ0) is 19.1. The fraction of sp³-hybridized carbons (Fsp3) is 0.944. The topological polar surface area (TPSA) is 66.5 Å². The molecule has 0 aliphatic heterocycles. The molecule has 0 radical (unpaired) electrons. The Morgan fingerprint density at radius 2 is 1.20 bits per heavy atom. The number of hydrogen-bond donors (Lipinski definition) is 0. The Morgan fingerprint density at radius 3 is 1.60 bits per heavy atom. The molecule has 0 aromatic carbocycles. The number of carbonyl (C=O) groups is 1. The van der Waals surface area contributed by atoms with Crippen LogP contribution in [0.15, 0.2) is 0 Å². The summed E-state index contributed by atoms with van der Waals surface area (Å²) in [6.45, 7) is 14.1. The van der Waals surface area contributed by atoms with Gasteiger partial charge < -0.3 is 28.6 Å². The first-order valence-corrected chi connectivity index (χ1v) is 8.94. The van der Waals surface area contributed by atoms with Crippen LogP contribution in [0.5, 0.6) is 0 Å². The van der Waals surface area contributed by atoms with E-state index in [9.17, 15) is 4.79 Å². The van der Waals surface area contributed by atoms with Gasteiger partial charge in [-0.3, -0.25) is 4.79 Å². The Morgan fingerprint density at radius 1 is 0.800 bits per heavy atom. The van der Waals surface area contributed by atoms with E-state index in [-0.39, 0.29) is 24.2 Å². The van der Waals surface area contributed by atoms with Crippen molar-refractivity contribution in [1.82, 2.24) is 4.90 Å². The predicted molar refractivity (Wildman–Crippen MR) is 96.9 cm³/mol. The average Bonchev–Trinajstić information content (AvgIpc) is 2.53. The number of amides is 1. The lowest BCUT2D eigenvalue weighted by Gasteiger charge is -2.31. The van der Waals surface area contributed by atoms with Crippen molar-refractivity contribution in [1.29, 1.82) is 0 Å². The summed E-state index contributed by atoms with van der Waals surface area (Å²) in [7, 11) is 1.78. The smallest absolute Gasteiger partial charge is 0.248 e. The molecule has 0 aromatic rings. The number of hydrogen-bond acceptors (Lipinski definition) is 6. The van der Waals surface area contributed by atoms with Gasteiger partial charge in [0, 0.05) is 12.6 Å². The van der Waals surface area contributed by atoms with Gasteiger partial charge in [0.1, 0.15) is 6.61 Å². The van der Waals surface area contributed by atoms with Gasteiger partial charge in [0.25, 0.3) is 0 Å². The van der Waals surface area contributed by atoms with Gasteiger partial charge in [-0.05, 0) is 34.6 Å². The van der Waals surface area contributed by atoms with Crippen LogP contribution < -0.4 is 0 Å². The highest BCUT2D eigenvalue weighted by atomic mass is 16.6. The third-order valence-electron chi connectivity index (χ3n) is 3.40. The number of nitrogens with zero attached hydrogens (tertiary/aromatic N) is 1. The maximum atomic E-state index is 11.8. The van der Waals surface area contributed by atoms with Gasteiger partial charge >= 0.3 is 0 Å². The standard InChI is InChI=1S/C18H37NO6/c1-16(2)25-14-13-23-10-9-21-7-8-22-11-12-24-15-17(20)19(6)18(3,4)5/h16H,7-15H2,1-6H3. The van der Waals surface area contributed by atoms with Gasteiger partial charge in [-0.25, -0.2) is 0 Å². The normalized spacial score (nSPS) is 12.0. The molecule has 150 valence electrons. The third-order valence-corrected chi connectivity index (χ3v) is 3.40. The Kier molecular flexibility index (Phi) is 14.0. The van der Waals surface area contributed by atoms with Gasteiger partial charge in [0.05, 0.1) is 59.0 Å². The molecule has 1 amide bonds. The van der Waals surface area contributed by atoms with E-state index < -0.39 is 0 Å². The maximum Gasteiger partial charge on any atom is 0.248 e. The molecule has 25 heavy (non-hydrogen) atoms. The lowest BCUT2D eigenvalue weighted by molar-refractivity contribution is -0.139. The van der Waals surface area contributed by atoms with Crippen LogP contribution in [0, 0.1) is 0 Å². The molecule has 0 rings (SSSR count). The van der Waals surface area contributed by atoms with Gasteiger partial charge in [-0.2, -0.15) is 0 Å². The van der Waals surface area contributed by atoms with Crippen LogP contribution >= 0.6 is 0 Å². The van der Waals surface area contributed by atoms with E-state index in [1.54, 1.807) is 11.9 Å². The summed E-state index contributed by atoms with van der Waals surface area (Å²) in [6.07, 6.45) is 0.235. The molecule has 0 saturated carbocycles. The predicted octanol–water partition coefficient (Wildman–Crippen LogP) is 1.73. The van der Waals surface area contributed by atoms with Crippen molar-refractivity contribution in [3.63, 3.8) is 0 Å². The first-order chi connectivity index (χ1) is 11.7. The van der Waals surface area contributed by atoms with Crippen LogP contribution in [-0.4, -0.2) is 89.0 Å². The Balaban J connectivity index is 3.28. The minimum Gasteiger partial charge on any atom is -0.377 e. The van der Waals surface area contributed by atoms with Gasteiger partial charge in [0.15, 0.2) is 0 Å². The highest BCUT2D eigenvalue weighted by Gasteiger charge is 2.21. The summed E-state index contributed by atoms with van der Waals surface area (Å²) in [6, 6.07) is 0. The van der Waals surface area contributed by atoms with Crippen molar-refractivity contribution in [3.05, 3.63) is 0 Å². The van der Waals surface area contributed by atoms with E-state index in [0.717, 1.165) is 0 Å². The SMILES string of the molecule is CC(C)OCCOCCOCCOCCOCC(=O)N(C)C(C)(C)C. The molecule has 0 N–H and O–H groups in total. The Hall–Kier alpha value is -0.730. The van der Waals surface area contributed by atoms with Crippen molar-refractivity contribution in [3.8, 4) is 0 Å². The maximum absolute atomic E-state index is 11.8. The van der Waals surface area contributed by atoms with Gasteiger partial charge in [-0.1, -0.05) is 0 Å². The van der Waals surface area contributed by atoms with Crippen LogP contribution in [0.1, 0.15) is 34.6 Å². The molecule has 0 aromatic heterocycles. The molecule has 7 heteroatoms. The van der Waals surface area contributed by atoms with E-state index >= 15 is 0 Å². The summed E-state index contributed by atoms with van der Waals surface area (Å²) in [5.41, 5.74) is -0.195. The fourth-order valence-corrected chi connectivity index (χ4v) is 1.63. The monoisotopic (exact) mass is 363 g/mol. The highest BCUT2D eigenvalue weighted by molar-refractivity contribution is 5.77. The summed E-state index contributed by atoms with van der Waals surface area (Å²) in [4.78, 5) is 13.5. The molecular weight excluding hydrogens is 326 g/mol. The number of carbonyl (C=O) groups excluding carboxylic acids is 1. The first kappa shape index (κ1) is 24.3. The molecule has 0 heterocycles. The summed E-state index contributed by atoms with van der Waals surface area (Å²) < 4.78 is 26.8. The molecule has 0 spiro atoms. The molecule has 0 aliphatic carbocycles. The molecular formula is C18H37NO6. The third kappa shape index (κ3) is 15.3. The number of likely N-dealkylation sites (N-methyl/N-ethyl adjacent to an activating group) is 1.